The molecule has 2 atom stereocenters. The van der Waals surface area contributed by atoms with Gasteiger partial charge in [0.05, 0.1) is 13.2 Å². The van der Waals surface area contributed by atoms with E-state index in [-0.39, 0.29) is 32.6 Å². The molecule has 0 saturated heterocycles. The third-order valence-corrected chi connectivity index (χ3v) is 14.5. The zero-order chi connectivity index (χ0) is 55.2. The predicted octanol–water partition coefficient (Wildman–Crippen LogP) is 20.2. The van der Waals surface area contributed by atoms with Crippen molar-refractivity contribution in [1.29, 1.82) is 0 Å². The Kier molecular flexibility index (Phi) is 59.1. The maximum atomic E-state index is 12.7. The van der Waals surface area contributed by atoms with Crippen molar-refractivity contribution in [2.45, 2.75) is 296 Å². The highest BCUT2D eigenvalue weighted by molar-refractivity contribution is 7.47. The summed E-state index contributed by atoms with van der Waals surface area (Å²) in [6.45, 7) is 3.59. The van der Waals surface area contributed by atoms with Crippen molar-refractivity contribution in [1.82, 2.24) is 0 Å². The highest BCUT2D eigenvalue weighted by Crippen LogP contribution is 2.43. The second-order valence-electron chi connectivity index (χ2n) is 20.9. The van der Waals surface area contributed by atoms with Crippen molar-refractivity contribution in [2.75, 3.05) is 26.4 Å². The summed E-state index contributed by atoms with van der Waals surface area (Å²) >= 11 is 0. The van der Waals surface area contributed by atoms with Gasteiger partial charge in [0.1, 0.15) is 6.61 Å². The summed E-state index contributed by atoms with van der Waals surface area (Å²) in [6.07, 6.45) is 81.1. The first-order chi connectivity index (χ1) is 37.3. The largest absolute Gasteiger partial charge is 0.472 e. The number of hydrogen-bond donors (Lipinski definition) is 2. The molecule has 0 saturated carbocycles. The minimum absolute atomic E-state index is 0.0507. The lowest BCUT2D eigenvalue weighted by Crippen LogP contribution is -2.29. The van der Waals surface area contributed by atoms with Crippen LogP contribution in [0, 0.1) is 0 Å². The van der Waals surface area contributed by atoms with Crippen molar-refractivity contribution in [3.05, 3.63) is 85.1 Å². The Bertz CT molecular complexity index is 1520. The molecule has 0 amide bonds. The third kappa shape index (κ3) is 60.4. The number of ether oxygens (including phenoxy) is 2. The molecule has 0 aromatic carbocycles. The highest BCUT2D eigenvalue weighted by Gasteiger charge is 2.26. The number of nitrogens with two attached hydrogens (primary N) is 1. The van der Waals surface area contributed by atoms with Gasteiger partial charge in [0, 0.05) is 19.4 Å². The van der Waals surface area contributed by atoms with Crippen LogP contribution in [0.3, 0.4) is 0 Å². The molecule has 440 valence electrons. The molecule has 10 heteroatoms. The summed E-state index contributed by atoms with van der Waals surface area (Å²) in [7, 11) is -4.39. The second-order valence-corrected chi connectivity index (χ2v) is 22.3. The summed E-state index contributed by atoms with van der Waals surface area (Å²) in [5.41, 5.74) is 5.38. The number of esters is 2. The Morgan fingerprint density at radius 3 is 1.08 bits per heavy atom. The number of rotatable bonds is 59. The van der Waals surface area contributed by atoms with Gasteiger partial charge in [0.25, 0.3) is 0 Å². The van der Waals surface area contributed by atoms with Gasteiger partial charge >= 0.3 is 19.8 Å². The highest BCUT2D eigenvalue weighted by atomic mass is 31.2. The van der Waals surface area contributed by atoms with Crippen LogP contribution in [0.1, 0.15) is 290 Å². The van der Waals surface area contributed by atoms with Gasteiger partial charge in [-0.2, -0.15) is 0 Å². The quantitative estimate of drug-likeness (QED) is 0.0264. The lowest BCUT2D eigenvalue weighted by molar-refractivity contribution is -0.161. The molecular formula is C66H118NO8P. The number of unbranched alkanes of at least 4 members (excludes halogenated alkanes) is 32. The molecule has 0 bridgehead atoms. The van der Waals surface area contributed by atoms with Crippen LogP contribution in [-0.4, -0.2) is 49.3 Å². The van der Waals surface area contributed by atoms with E-state index >= 15 is 0 Å². The Hall–Kier alpha value is -2.81. The molecule has 2 unspecified atom stereocenters. The molecule has 76 heavy (non-hydrogen) atoms. The average molecular weight is 1080 g/mol. The van der Waals surface area contributed by atoms with Gasteiger partial charge in [-0.25, -0.2) is 4.57 Å². The van der Waals surface area contributed by atoms with Crippen molar-refractivity contribution in [2.24, 2.45) is 5.73 Å². The summed E-state index contributed by atoms with van der Waals surface area (Å²) in [5, 5.41) is 0. The van der Waals surface area contributed by atoms with Gasteiger partial charge < -0.3 is 20.1 Å². The number of allylic oxidation sites excluding steroid dienone is 14. The fourth-order valence-corrected chi connectivity index (χ4v) is 9.62. The van der Waals surface area contributed by atoms with Gasteiger partial charge in [-0.15, -0.1) is 0 Å². The predicted molar refractivity (Wildman–Crippen MR) is 325 cm³/mol. The van der Waals surface area contributed by atoms with Crippen molar-refractivity contribution >= 4 is 19.8 Å². The van der Waals surface area contributed by atoms with Crippen molar-refractivity contribution in [3.63, 3.8) is 0 Å². The Balaban J connectivity index is 3.76. The molecule has 0 fully saturated rings. The molecule has 0 radical (unpaired) electrons. The summed E-state index contributed by atoms with van der Waals surface area (Å²) in [5.74, 6) is -0.836. The molecule has 0 aliphatic carbocycles. The van der Waals surface area contributed by atoms with E-state index in [2.05, 4.69) is 98.9 Å². The van der Waals surface area contributed by atoms with Crippen molar-refractivity contribution in [3.8, 4) is 0 Å². The average Bonchev–Trinajstić information content (AvgIpc) is 3.41. The van der Waals surface area contributed by atoms with Gasteiger partial charge in [-0.1, -0.05) is 279 Å². The molecule has 0 rings (SSSR count). The number of phosphoric acid groups is 1. The molecule has 0 aromatic heterocycles. The van der Waals surface area contributed by atoms with E-state index in [9.17, 15) is 19.0 Å². The lowest BCUT2D eigenvalue weighted by atomic mass is 10.0. The first kappa shape index (κ1) is 73.2. The molecule has 0 aliphatic heterocycles. The SMILES string of the molecule is CC/C=C\C/C=C\C/C=C\C/C=C\C/C=C\CCCCCCCCCCCCCCCCCCCCCCCCCCCC(=O)OC(COC(=O)CCCCCCC/C=C\C/C=C\CCCC)COP(=O)(O)OCCN. The normalized spacial score (nSPS) is 13.6. The van der Waals surface area contributed by atoms with Crippen LogP contribution in [0.5, 0.6) is 0 Å². The zero-order valence-corrected chi connectivity index (χ0v) is 50.1. The third-order valence-electron chi connectivity index (χ3n) is 13.5. The van der Waals surface area contributed by atoms with Gasteiger partial charge in [-0.05, 0) is 83.5 Å². The molecular weight excluding hydrogens is 966 g/mol. The zero-order valence-electron chi connectivity index (χ0n) is 49.2. The first-order valence-electron chi connectivity index (χ1n) is 31.6. The molecule has 0 aliphatic rings. The van der Waals surface area contributed by atoms with E-state index in [1.165, 1.54) is 161 Å². The van der Waals surface area contributed by atoms with Crippen LogP contribution in [-0.2, 0) is 32.7 Å². The fourth-order valence-electron chi connectivity index (χ4n) is 8.86. The van der Waals surface area contributed by atoms with E-state index in [0.717, 1.165) is 89.9 Å². The minimum Gasteiger partial charge on any atom is -0.462 e. The number of phosphoric ester groups is 1. The molecule has 0 aromatic rings. The van der Waals surface area contributed by atoms with Crippen LogP contribution in [0.15, 0.2) is 85.1 Å². The Morgan fingerprint density at radius 2 is 0.724 bits per heavy atom. The summed E-state index contributed by atoms with van der Waals surface area (Å²) < 4.78 is 33.0. The van der Waals surface area contributed by atoms with Gasteiger partial charge in [-0.3, -0.25) is 18.6 Å². The molecule has 3 N–H and O–H groups in total. The Morgan fingerprint density at radius 1 is 0.408 bits per heavy atom. The molecule has 9 nitrogen and oxygen atoms in total. The van der Waals surface area contributed by atoms with Crippen LogP contribution in [0.4, 0.5) is 0 Å². The standard InChI is InChI=1S/C66H118NO8P/c1-3-5-7-9-11-13-15-17-19-20-21-22-23-24-25-26-27-28-29-30-31-32-33-34-35-36-37-38-39-40-41-42-43-44-45-47-49-51-53-55-57-59-66(69)75-64(63-74-76(70,71)73-61-60-67)62-72-65(68)58-56-54-52-50-48-46-18-16-14-12-10-8-6-4-2/h5,7,10-13,16-19,21-22,24-25,64H,3-4,6,8-9,14-15,20,23,26-63,67H2,1-2H3,(H,70,71)/b7-5-,12-10-,13-11-,18-16-,19-17-,22-21-,25-24-. The maximum absolute atomic E-state index is 12.7. The first-order valence-corrected chi connectivity index (χ1v) is 33.1. The summed E-state index contributed by atoms with van der Waals surface area (Å²) in [6, 6.07) is 0. The molecule has 0 heterocycles. The lowest BCUT2D eigenvalue weighted by Gasteiger charge is -2.19. The van der Waals surface area contributed by atoms with E-state index in [1.807, 2.05) is 0 Å². The van der Waals surface area contributed by atoms with E-state index in [4.69, 9.17) is 24.3 Å². The number of carbonyl (C=O) groups excluding carboxylic acids is 2. The smallest absolute Gasteiger partial charge is 0.462 e. The topological polar surface area (TPSA) is 134 Å². The number of carbonyl (C=O) groups is 2. The Labute approximate surface area is 468 Å². The monoisotopic (exact) mass is 1080 g/mol. The molecule has 0 spiro atoms. The number of hydrogen-bond acceptors (Lipinski definition) is 8. The second kappa shape index (κ2) is 61.4. The van der Waals surface area contributed by atoms with Crippen LogP contribution in [0.25, 0.3) is 0 Å². The van der Waals surface area contributed by atoms with Gasteiger partial charge in [0.15, 0.2) is 6.10 Å². The van der Waals surface area contributed by atoms with E-state index in [1.54, 1.807) is 0 Å². The minimum atomic E-state index is -4.39. The van der Waals surface area contributed by atoms with Crippen LogP contribution < -0.4 is 5.73 Å². The fraction of sp³-hybridized carbons (Fsp3) is 0.758. The van der Waals surface area contributed by atoms with E-state index in [0.29, 0.717) is 12.8 Å². The van der Waals surface area contributed by atoms with Crippen LogP contribution in [0.2, 0.25) is 0 Å². The van der Waals surface area contributed by atoms with Crippen molar-refractivity contribution < 1.29 is 37.6 Å². The maximum Gasteiger partial charge on any atom is 0.472 e. The van der Waals surface area contributed by atoms with E-state index < -0.39 is 32.5 Å². The summed E-state index contributed by atoms with van der Waals surface area (Å²) in [4.78, 5) is 35.1. The van der Waals surface area contributed by atoms with Gasteiger partial charge in [0.2, 0.25) is 0 Å². The van der Waals surface area contributed by atoms with Crippen LogP contribution >= 0.6 is 7.82 Å².